The molecule has 0 spiro atoms. The number of hydrogen-bond acceptors (Lipinski definition) is 3. The van der Waals surface area contributed by atoms with Crippen LogP contribution in [0.3, 0.4) is 0 Å². The molecule has 0 amide bonds. The number of nitrogens with zero attached hydrogens (tertiary/aromatic N) is 2. The van der Waals surface area contributed by atoms with Crippen LogP contribution in [0.1, 0.15) is 52.7 Å². The van der Waals surface area contributed by atoms with Crippen molar-refractivity contribution in [3.63, 3.8) is 0 Å². The van der Waals surface area contributed by atoms with Gasteiger partial charge in [-0.2, -0.15) is 0 Å². The average Bonchev–Trinajstić information content (AvgIpc) is 2.53. The highest BCUT2D eigenvalue weighted by molar-refractivity contribution is 5.08. The van der Waals surface area contributed by atoms with E-state index in [9.17, 15) is 0 Å². The highest BCUT2D eigenvalue weighted by Gasteiger charge is 1.95. The molecular formula is C20H32N2O. The summed E-state index contributed by atoms with van der Waals surface area (Å²) >= 11 is 0. The van der Waals surface area contributed by atoms with Gasteiger partial charge in [-0.25, -0.2) is 0 Å². The van der Waals surface area contributed by atoms with Crippen molar-refractivity contribution in [3.05, 3.63) is 60.2 Å². The number of hydrogen-bond donors (Lipinski definition) is 0. The van der Waals surface area contributed by atoms with Gasteiger partial charge in [-0.15, -0.1) is 0 Å². The lowest BCUT2D eigenvalue weighted by atomic mass is 10.0. The van der Waals surface area contributed by atoms with Crippen molar-refractivity contribution >= 4 is 0 Å². The minimum Gasteiger partial charge on any atom is -0.374 e. The molecule has 0 unspecified atom stereocenters. The number of rotatable bonds is 6. The zero-order chi connectivity index (χ0) is 16.2. The molecule has 0 aliphatic heterocycles. The Hall–Kier alpha value is -1.74. The topological polar surface area (TPSA) is 35.0 Å². The molecule has 23 heavy (non-hydrogen) atoms. The van der Waals surface area contributed by atoms with Crippen molar-refractivity contribution in [1.82, 2.24) is 9.97 Å². The number of ether oxygens (including phenoxy) is 1. The first-order valence-corrected chi connectivity index (χ1v) is 7.97. The van der Waals surface area contributed by atoms with Gasteiger partial charge < -0.3 is 4.74 Å². The first kappa shape index (κ1) is 21.3. The van der Waals surface area contributed by atoms with E-state index in [4.69, 9.17) is 4.74 Å². The van der Waals surface area contributed by atoms with E-state index < -0.39 is 0 Å². The van der Waals surface area contributed by atoms with Crippen molar-refractivity contribution in [2.45, 2.75) is 60.7 Å². The Labute approximate surface area is 142 Å². The van der Waals surface area contributed by atoms with Gasteiger partial charge in [-0.1, -0.05) is 33.4 Å². The summed E-state index contributed by atoms with van der Waals surface area (Å²) in [6.07, 6.45) is 10.1. The number of aromatic nitrogens is 2. The summed E-state index contributed by atoms with van der Waals surface area (Å²) in [4.78, 5) is 8.05. The van der Waals surface area contributed by atoms with Crippen molar-refractivity contribution < 1.29 is 4.74 Å². The van der Waals surface area contributed by atoms with Crippen molar-refractivity contribution in [3.8, 4) is 0 Å². The maximum Gasteiger partial charge on any atom is 0.0735 e. The fourth-order valence-corrected chi connectivity index (χ4v) is 1.75. The lowest BCUT2D eigenvalue weighted by molar-refractivity contribution is 0.0655. The fourth-order valence-electron chi connectivity index (χ4n) is 1.75. The minimum atomic E-state index is 0. The average molecular weight is 316 g/mol. The summed E-state index contributed by atoms with van der Waals surface area (Å²) in [6.45, 7) is 9.20. The maximum absolute atomic E-state index is 5.39. The molecule has 0 bridgehead atoms. The molecule has 0 saturated heterocycles. The van der Waals surface area contributed by atoms with E-state index in [1.165, 1.54) is 12.0 Å². The first-order chi connectivity index (χ1) is 10.6. The van der Waals surface area contributed by atoms with Crippen LogP contribution in [0, 0.1) is 5.92 Å². The van der Waals surface area contributed by atoms with E-state index >= 15 is 0 Å². The molecule has 2 rings (SSSR count). The Bertz CT molecular complexity index is 436. The highest BCUT2D eigenvalue weighted by Crippen LogP contribution is 2.06. The van der Waals surface area contributed by atoms with Gasteiger partial charge in [0.05, 0.1) is 12.7 Å². The van der Waals surface area contributed by atoms with Gasteiger partial charge in [-0.3, -0.25) is 9.97 Å². The van der Waals surface area contributed by atoms with Crippen LogP contribution >= 0.6 is 0 Å². The normalized spacial score (nSPS) is 10.0. The third kappa shape index (κ3) is 11.5. The molecular weight excluding hydrogens is 284 g/mol. The predicted octanol–water partition coefficient (Wildman–Crippen LogP) is 5.31. The Balaban J connectivity index is 0.000000403. The van der Waals surface area contributed by atoms with Gasteiger partial charge in [0, 0.05) is 24.8 Å². The molecule has 0 N–H and O–H groups in total. The molecule has 0 saturated carbocycles. The van der Waals surface area contributed by atoms with Crippen LogP contribution in [0.2, 0.25) is 0 Å². The monoisotopic (exact) mass is 316 g/mol. The molecule has 2 heterocycles. The van der Waals surface area contributed by atoms with E-state index in [0.29, 0.717) is 6.61 Å². The van der Waals surface area contributed by atoms with Gasteiger partial charge in [-0.05, 0) is 55.9 Å². The molecule has 0 atom stereocenters. The molecule has 0 aromatic carbocycles. The zero-order valence-electron chi connectivity index (χ0n) is 14.2. The zero-order valence-corrected chi connectivity index (χ0v) is 14.2. The second kappa shape index (κ2) is 12.8. The van der Waals surface area contributed by atoms with Crippen LogP contribution in [0.25, 0.3) is 0 Å². The molecule has 128 valence electrons. The number of aryl methyl sites for hydroxylation is 1. The van der Waals surface area contributed by atoms with Crippen LogP contribution in [-0.2, 0) is 17.8 Å². The fraction of sp³-hybridized carbons (Fsp3) is 0.500. The Kier molecular flexibility index (Phi) is 11.8. The molecule has 0 radical (unpaired) electrons. The molecule has 3 heteroatoms. The van der Waals surface area contributed by atoms with Crippen LogP contribution in [0.4, 0.5) is 0 Å². The van der Waals surface area contributed by atoms with E-state index in [0.717, 1.165) is 17.9 Å². The second-order valence-electron chi connectivity index (χ2n) is 6.01. The van der Waals surface area contributed by atoms with Gasteiger partial charge in [0.2, 0.25) is 0 Å². The Morgan fingerprint density at radius 3 is 1.91 bits per heavy atom. The molecule has 2 aromatic rings. The van der Waals surface area contributed by atoms with Crippen LogP contribution < -0.4 is 0 Å². The van der Waals surface area contributed by atoms with Crippen molar-refractivity contribution in [2.24, 2.45) is 5.92 Å². The van der Waals surface area contributed by atoms with Crippen molar-refractivity contribution in [1.29, 1.82) is 0 Å². The third-order valence-electron chi connectivity index (χ3n) is 3.04. The summed E-state index contributed by atoms with van der Waals surface area (Å²) < 4.78 is 5.39. The maximum atomic E-state index is 5.39. The van der Waals surface area contributed by atoms with E-state index in [1.54, 1.807) is 6.20 Å². The number of pyridine rings is 2. The summed E-state index contributed by atoms with van der Waals surface area (Å²) in [6, 6.07) is 8.06. The smallest absolute Gasteiger partial charge is 0.0735 e. The summed E-state index contributed by atoms with van der Waals surface area (Å²) in [7, 11) is 0. The van der Waals surface area contributed by atoms with Gasteiger partial charge >= 0.3 is 0 Å². The van der Waals surface area contributed by atoms with Crippen molar-refractivity contribution in [2.75, 3.05) is 0 Å². The quantitative estimate of drug-likeness (QED) is 0.724. The predicted molar refractivity (Wildman–Crippen MR) is 98.3 cm³/mol. The standard InChI is InChI=1S/C10H15N.C9H13NO.CH4/c1-9(2)5-6-10-4-3-7-11-8-10;1-8(2)11-7-9-4-3-5-10-6-9;/h3-4,7-9H,5-6H2,1-2H3;3-6,8H,7H2,1-2H3;1H4. The van der Waals surface area contributed by atoms with E-state index in [-0.39, 0.29) is 13.5 Å². The van der Waals surface area contributed by atoms with Gasteiger partial charge in [0.25, 0.3) is 0 Å². The molecule has 0 aliphatic carbocycles. The van der Waals surface area contributed by atoms with Crippen LogP contribution in [-0.4, -0.2) is 16.1 Å². The minimum absolute atomic E-state index is 0. The van der Waals surface area contributed by atoms with Crippen LogP contribution in [0.5, 0.6) is 0 Å². The third-order valence-corrected chi connectivity index (χ3v) is 3.04. The molecule has 3 nitrogen and oxygen atoms in total. The molecule has 2 aromatic heterocycles. The Morgan fingerprint density at radius 2 is 1.48 bits per heavy atom. The summed E-state index contributed by atoms with van der Waals surface area (Å²) in [5.74, 6) is 0.787. The lowest BCUT2D eigenvalue weighted by Crippen LogP contribution is -2.02. The summed E-state index contributed by atoms with van der Waals surface area (Å²) in [5, 5.41) is 0. The lowest BCUT2D eigenvalue weighted by Gasteiger charge is -2.05. The van der Waals surface area contributed by atoms with Crippen LogP contribution in [0.15, 0.2) is 49.1 Å². The molecule has 0 fully saturated rings. The highest BCUT2D eigenvalue weighted by atomic mass is 16.5. The van der Waals surface area contributed by atoms with E-state index in [1.807, 2.05) is 50.6 Å². The van der Waals surface area contributed by atoms with E-state index in [2.05, 4.69) is 29.9 Å². The first-order valence-electron chi connectivity index (χ1n) is 7.97. The largest absolute Gasteiger partial charge is 0.374 e. The molecule has 0 aliphatic rings. The Morgan fingerprint density at radius 1 is 0.913 bits per heavy atom. The second-order valence-corrected chi connectivity index (χ2v) is 6.01. The van der Waals surface area contributed by atoms with Gasteiger partial charge in [0.15, 0.2) is 0 Å². The SMILES string of the molecule is C.CC(C)CCc1cccnc1.CC(C)OCc1cccnc1. The summed E-state index contributed by atoms with van der Waals surface area (Å²) in [5.41, 5.74) is 2.47. The van der Waals surface area contributed by atoms with Gasteiger partial charge in [0.1, 0.15) is 0 Å².